The van der Waals surface area contributed by atoms with Gasteiger partial charge in [-0.05, 0) is 43.5 Å². The molecule has 4 N–H and O–H groups in total. The molecule has 116 valence electrons. The SMILES string of the molecule is Cc1c(C(=O)N2CC[C@H](CN)C2)cc(Br)cc1S(N)(=O)=O. The van der Waals surface area contributed by atoms with Crippen molar-refractivity contribution in [2.45, 2.75) is 18.2 Å². The van der Waals surface area contributed by atoms with Crippen LogP contribution < -0.4 is 10.9 Å². The largest absolute Gasteiger partial charge is 0.338 e. The number of primary sulfonamides is 1. The maximum atomic E-state index is 12.6. The number of likely N-dealkylation sites (tertiary alicyclic amines) is 1. The third-order valence-corrected chi connectivity index (χ3v) is 5.26. The minimum Gasteiger partial charge on any atom is -0.338 e. The Morgan fingerprint density at radius 2 is 2.14 bits per heavy atom. The molecule has 0 aromatic heterocycles. The van der Waals surface area contributed by atoms with E-state index >= 15 is 0 Å². The lowest BCUT2D eigenvalue weighted by Crippen LogP contribution is -2.31. The van der Waals surface area contributed by atoms with Gasteiger partial charge in [0.15, 0.2) is 0 Å². The lowest BCUT2D eigenvalue weighted by atomic mass is 10.1. The van der Waals surface area contributed by atoms with E-state index in [-0.39, 0.29) is 10.8 Å². The summed E-state index contributed by atoms with van der Waals surface area (Å²) in [6.07, 6.45) is 0.872. The molecule has 1 amide bonds. The predicted octanol–water partition coefficient (Wildman–Crippen LogP) is 0.826. The second-order valence-electron chi connectivity index (χ2n) is 5.26. The van der Waals surface area contributed by atoms with Crippen molar-refractivity contribution in [3.8, 4) is 0 Å². The highest BCUT2D eigenvalue weighted by atomic mass is 79.9. The van der Waals surface area contributed by atoms with Crippen LogP contribution in [0.15, 0.2) is 21.5 Å². The molecule has 6 nitrogen and oxygen atoms in total. The van der Waals surface area contributed by atoms with Crippen molar-refractivity contribution in [2.24, 2.45) is 16.8 Å². The monoisotopic (exact) mass is 375 g/mol. The Balaban J connectivity index is 2.41. The summed E-state index contributed by atoms with van der Waals surface area (Å²) in [7, 11) is -3.87. The van der Waals surface area contributed by atoms with Gasteiger partial charge in [-0.25, -0.2) is 13.6 Å². The van der Waals surface area contributed by atoms with Crippen LogP contribution in [0.5, 0.6) is 0 Å². The van der Waals surface area contributed by atoms with Crippen molar-refractivity contribution in [1.29, 1.82) is 0 Å². The molecule has 1 aromatic carbocycles. The van der Waals surface area contributed by atoms with Crippen molar-refractivity contribution < 1.29 is 13.2 Å². The van der Waals surface area contributed by atoms with E-state index in [1.807, 2.05) is 0 Å². The molecule has 1 saturated heterocycles. The Morgan fingerprint density at radius 1 is 1.48 bits per heavy atom. The molecule has 0 bridgehead atoms. The highest BCUT2D eigenvalue weighted by Crippen LogP contribution is 2.26. The summed E-state index contributed by atoms with van der Waals surface area (Å²) in [5, 5.41) is 5.20. The van der Waals surface area contributed by atoms with Gasteiger partial charge in [-0.2, -0.15) is 0 Å². The number of sulfonamides is 1. The average molecular weight is 376 g/mol. The van der Waals surface area contributed by atoms with Crippen LogP contribution in [0.1, 0.15) is 22.3 Å². The zero-order valence-corrected chi connectivity index (χ0v) is 14.1. The number of nitrogens with two attached hydrogens (primary N) is 2. The highest BCUT2D eigenvalue weighted by molar-refractivity contribution is 9.10. The lowest BCUT2D eigenvalue weighted by Gasteiger charge is -2.19. The molecule has 0 aliphatic carbocycles. The van der Waals surface area contributed by atoms with Crippen LogP contribution in [0.25, 0.3) is 0 Å². The topological polar surface area (TPSA) is 106 Å². The molecule has 1 aliphatic heterocycles. The fraction of sp³-hybridized carbons (Fsp3) is 0.462. The normalized spacial score (nSPS) is 19.0. The molecular formula is C13H18BrN3O3S. The molecule has 2 rings (SSSR count). The lowest BCUT2D eigenvalue weighted by molar-refractivity contribution is 0.0786. The van der Waals surface area contributed by atoms with Gasteiger partial charge in [0.1, 0.15) is 0 Å². The molecule has 1 aromatic rings. The molecule has 1 heterocycles. The summed E-state index contributed by atoms with van der Waals surface area (Å²) in [6, 6.07) is 3.04. The second-order valence-corrected chi connectivity index (χ2v) is 7.71. The van der Waals surface area contributed by atoms with Crippen molar-refractivity contribution in [2.75, 3.05) is 19.6 Å². The smallest absolute Gasteiger partial charge is 0.254 e. The molecule has 0 spiro atoms. The first-order chi connectivity index (χ1) is 9.74. The van der Waals surface area contributed by atoms with Crippen molar-refractivity contribution in [3.05, 3.63) is 27.7 Å². The average Bonchev–Trinajstić information content (AvgIpc) is 2.87. The van der Waals surface area contributed by atoms with Crippen LogP contribution in [0.4, 0.5) is 0 Å². The van der Waals surface area contributed by atoms with Gasteiger partial charge in [0.05, 0.1) is 4.90 Å². The number of carbonyl (C=O) groups excluding carboxylic acids is 1. The fourth-order valence-corrected chi connectivity index (χ4v) is 3.99. The summed E-state index contributed by atoms with van der Waals surface area (Å²) in [6.45, 7) is 3.38. The number of hydrogen-bond acceptors (Lipinski definition) is 4. The van der Waals surface area contributed by atoms with E-state index in [4.69, 9.17) is 10.9 Å². The van der Waals surface area contributed by atoms with Gasteiger partial charge in [-0.15, -0.1) is 0 Å². The first-order valence-corrected chi connectivity index (χ1v) is 8.90. The Bertz CT molecular complexity index is 675. The zero-order chi connectivity index (χ0) is 15.8. The van der Waals surface area contributed by atoms with E-state index < -0.39 is 10.0 Å². The van der Waals surface area contributed by atoms with Gasteiger partial charge in [0.25, 0.3) is 5.91 Å². The van der Waals surface area contributed by atoms with Crippen LogP contribution in [0.3, 0.4) is 0 Å². The van der Waals surface area contributed by atoms with Gasteiger partial charge in [0.2, 0.25) is 10.0 Å². The van der Waals surface area contributed by atoms with E-state index in [9.17, 15) is 13.2 Å². The molecule has 1 fully saturated rings. The molecule has 0 radical (unpaired) electrons. The van der Waals surface area contributed by atoms with E-state index in [0.29, 0.717) is 41.2 Å². The van der Waals surface area contributed by atoms with Crippen LogP contribution >= 0.6 is 15.9 Å². The number of amides is 1. The standard InChI is InChI=1S/C13H18BrN3O3S/c1-8-11(4-10(14)5-12(8)21(16,19)20)13(18)17-3-2-9(6-15)7-17/h4-5,9H,2-3,6-7,15H2,1H3,(H2,16,19,20)/t9-/m1/s1. The minimum atomic E-state index is -3.87. The van der Waals surface area contributed by atoms with Gasteiger partial charge in [-0.1, -0.05) is 15.9 Å². The Labute approximate surface area is 132 Å². The summed E-state index contributed by atoms with van der Waals surface area (Å²) in [5.74, 6) is 0.119. The van der Waals surface area contributed by atoms with Gasteiger partial charge < -0.3 is 10.6 Å². The third kappa shape index (κ3) is 3.45. The summed E-state index contributed by atoms with van der Waals surface area (Å²) in [4.78, 5) is 14.3. The fourth-order valence-electron chi connectivity index (χ4n) is 2.55. The number of rotatable bonds is 3. The van der Waals surface area contributed by atoms with Crippen molar-refractivity contribution in [1.82, 2.24) is 4.90 Å². The van der Waals surface area contributed by atoms with E-state index in [1.54, 1.807) is 17.9 Å². The van der Waals surface area contributed by atoms with Crippen LogP contribution in [0.2, 0.25) is 0 Å². The van der Waals surface area contributed by atoms with Gasteiger partial charge >= 0.3 is 0 Å². The van der Waals surface area contributed by atoms with Gasteiger partial charge in [0, 0.05) is 23.1 Å². The zero-order valence-electron chi connectivity index (χ0n) is 11.7. The maximum Gasteiger partial charge on any atom is 0.254 e. The summed E-state index contributed by atoms with van der Waals surface area (Å²) in [5.41, 5.74) is 6.36. The van der Waals surface area contributed by atoms with E-state index in [1.165, 1.54) is 6.07 Å². The van der Waals surface area contributed by atoms with Crippen LogP contribution in [-0.2, 0) is 10.0 Å². The first kappa shape index (κ1) is 16.4. The minimum absolute atomic E-state index is 0.0326. The molecule has 8 heteroatoms. The van der Waals surface area contributed by atoms with E-state index in [0.717, 1.165) is 6.42 Å². The quantitative estimate of drug-likeness (QED) is 0.815. The third-order valence-electron chi connectivity index (χ3n) is 3.77. The molecule has 1 atom stereocenters. The Kier molecular flexibility index (Phi) is 4.72. The number of halogens is 1. The van der Waals surface area contributed by atoms with Crippen LogP contribution in [-0.4, -0.2) is 38.9 Å². The Morgan fingerprint density at radius 3 is 2.67 bits per heavy atom. The van der Waals surface area contributed by atoms with Crippen molar-refractivity contribution in [3.63, 3.8) is 0 Å². The number of carbonyl (C=O) groups is 1. The maximum absolute atomic E-state index is 12.6. The highest BCUT2D eigenvalue weighted by Gasteiger charge is 2.28. The number of nitrogens with zero attached hydrogens (tertiary/aromatic N) is 1. The molecular weight excluding hydrogens is 358 g/mol. The van der Waals surface area contributed by atoms with Crippen molar-refractivity contribution >= 4 is 31.9 Å². The van der Waals surface area contributed by atoms with Crippen LogP contribution in [0, 0.1) is 12.8 Å². The molecule has 21 heavy (non-hydrogen) atoms. The number of hydrogen-bond donors (Lipinski definition) is 2. The number of benzene rings is 1. The first-order valence-electron chi connectivity index (χ1n) is 6.56. The second kappa shape index (κ2) is 6.04. The van der Waals surface area contributed by atoms with Gasteiger partial charge in [-0.3, -0.25) is 4.79 Å². The summed E-state index contributed by atoms with van der Waals surface area (Å²) < 4.78 is 23.7. The Hall–Kier alpha value is -0.960. The summed E-state index contributed by atoms with van der Waals surface area (Å²) >= 11 is 3.23. The molecule has 0 unspecified atom stereocenters. The van der Waals surface area contributed by atoms with E-state index in [2.05, 4.69) is 15.9 Å². The predicted molar refractivity (Wildman–Crippen MR) is 83.3 cm³/mol. The molecule has 0 saturated carbocycles. The molecule has 1 aliphatic rings.